The van der Waals surface area contributed by atoms with Crippen molar-refractivity contribution in [1.82, 2.24) is 14.7 Å². The van der Waals surface area contributed by atoms with Crippen molar-refractivity contribution in [2.75, 3.05) is 19.7 Å². The molecule has 0 unspecified atom stereocenters. The summed E-state index contributed by atoms with van der Waals surface area (Å²) in [7, 11) is 0. The Balaban J connectivity index is 1.49. The van der Waals surface area contributed by atoms with E-state index in [1.165, 1.54) is 12.1 Å². The Kier molecular flexibility index (Phi) is 4.90. The summed E-state index contributed by atoms with van der Waals surface area (Å²) in [6.07, 6.45) is 5.47. The highest BCUT2D eigenvalue weighted by atomic mass is 19.1. The zero-order valence-corrected chi connectivity index (χ0v) is 12.9. The van der Waals surface area contributed by atoms with E-state index in [4.69, 9.17) is 4.74 Å². The number of benzene rings is 1. The highest BCUT2D eigenvalue weighted by Crippen LogP contribution is 2.19. The lowest BCUT2D eigenvalue weighted by molar-refractivity contribution is -0.134. The van der Waals surface area contributed by atoms with Gasteiger partial charge in [0, 0.05) is 31.4 Å². The van der Waals surface area contributed by atoms with Gasteiger partial charge in [-0.05, 0) is 43.2 Å². The molecule has 122 valence electrons. The molecular formula is C17H20FN3O2. The van der Waals surface area contributed by atoms with E-state index in [-0.39, 0.29) is 18.3 Å². The van der Waals surface area contributed by atoms with Gasteiger partial charge >= 0.3 is 0 Å². The van der Waals surface area contributed by atoms with Crippen molar-refractivity contribution >= 4 is 5.91 Å². The van der Waals surface area contributed by atoms with Crippen LogP contribution in [-0.2, 0) is 11.3 Å². The van der Waals surface area contributed by atoms with E-state index in [1.807, 2.05) is 11.0 Å². The third-order valence-corrected chi connectivity index (χ3v) is 4.03. The zero-order chi connectivity index (χ0) is 16.1. The Morgan fingerprint density at radius 3 is 2.91 bits per heavy atom. The summed E-state index contributed by atoms with van der Waals surface area (Å²) in [5.41, 5.74) is 0. The first-order valence-corrected chi connectivity index (χ1v) is 7.84. The number of likely N-dealkylation sites (tertiary alicyclic amines) is 1. The van der Waals surface area contributed by atoms with Crippen molar-refractivity contribution in [3.8, 4) is 5.75 Å². The van der Waals surface area contributed by atoms with Crippen LogP contribution < -0.4 is 4.74 Å². The minimum Gasteiger partial charge on any atom is -0.493 e. The molecule has 1 amide bonds. The molecule has 1 aromatic heterocycles. The van der Waals surface area contributed by atoms with Crippen molar-refractivity contribution in [2.24, 2.45) is 5.92 Å². The Labute approximate surface area is 134 Å². The summed E-state index contributed by atoms with van der Waals surface area (Å²) < 4.78 is 20.2. The van der Waals surface area contributed by atoms with Crippen molar-refractivity contribution in [2.45, 2.75) is 19.4 Å². The van der Waals surface area contributed by atoms with Gasteiger partial charge in [-0.3, -0.25) is 9.48 Å². The monoisotopic (exact) mass is 317 g/mol. The van der Waals surface area contributed by atoms with E-state index >= 15 is 0 Å². The smallest absolute Gasteiger partial charge is 0.244 e. The minimum atomic E-state index is -0.273. The highest BCUT2D eigenvalue weighted by molar-refractivity contribution is 5.76. The number of carbonyl (C=O) groups excluding carboxylic acids is 1. The Morgan fingerprint density at radius 1 is 1.35 bits per heavy atom. The van der Waals surface area contributed by atoms with Gasteiger partial charge in [-0.25, -0.2) is 4.39 Å². The molecule has 0 N–H and O–H groups in total. The molecular weight excluding hydrogens is 297 g/mol. The second-order valence-corrected chi connectivity index (χ2v) is 5.82. The number of halogens is 1. The Bertz CT molecular complexity index is 628. The van der Waals surface area contributed by atoms with Crippen LogP contribution in [0.1, 0.15) is 12.8 Å². The molecule has 23 heavy (non-hydrogen) atoms. The number of carbonyl (C=O) groups is 1. The molecule has 3 rings (SSSR count). The molecule has 5 nitrogen and oxygen atoms in total. The maximum atomic E-state index is 12.9. The van der Waals surface area contributed by atoms with E-state index in [2.05, 4.69) is 5.10 Å². The summed E-state index contributed by atoms with van der Waals surface area (Å²) in [5, 5.41) is 4.07. The molecule has 0 aliphatic carbocycles. The third kappa shape index (κ3) is 4.31. The predicted molar refractivity (Wildman–Crippen MR) is 83.4 cm³/mol. The summed E-state index contributed by atoms with van der Waals surface area (Å²) >= 11 is 0. The molecule has 2 heterocycles. The average Bonchev–Trinajstić information content (AvgIpc) is 3.07. The van der Waals surface area contributed by atoms with Crippen LogP contribution >= 0.6 is 0 Å². The SMILES string of the molecule is O=C(Cn1cccn1)N1CCC[C@@H](COc2ccc(F)cc2)C1. The van der Waals surface area contributed by atoms with E-state index in [1.54, 1.807) is 29.2 Å². The van der Waals surface area contributed by atoms with Crippen LogP contribution in [0.5, 0.6) is 5.75 Å². The zero-order valence-electron chi connectivity index (χ0n) is 12.9. The van der Waals surface area contributed by atoms with Gasteiger partial charge < -0.3 is 9.64 Å². The molecule has 0 radical (unpaired) electrons. The number of ether oxygens (including phenoxy) is 1. The molecule has 1 atom stereocenters. The average molecular weight is 317 g/mol. The standard InChI is InChI=1S/C17H20FN3O2/c18-15-4-6-16(7-5-15)23-13-14-3-1-9-20(11-14)17(22)12-21-10-2-8-19-21/h2,4-8,10,14H,1,3,9,11-13H2/t14-/m1/s1. The van der Waals surface area contributed by atoms with E-state index in [0.717, 1.165) is 19.4 Å². The third-order valence-electron chi connectivity index (χ3n) is 4.03. The normalized spacial score (nSPS) is 18.0. The first-order chi connectivity index (χ1) is 11.2. The Hall–Kier alpha value is -2.37. The number of piperidine rings is 1. The number of rotatable bonds is 5. The highest BCUT2D eigenvalue weighted by Gasteiger charge is 2.24. The molecule has 1 fully saturated rings. The van der Waals surface area contributed by atoms with Gasteiger partial charge in [0.2, 0.25) is 5.91 Å². The second-order valence-electron chi connectivity index (χ2n) is 5.82. The topological polar surface area (TPSA) is 47.4 Å². The van der Waals surface area contributed by atoms with E-state index in [9.17, 15) is 9.18 Å². The van der Waals surface area contributed by atoms with Gasteiger partial charge in [-0.1, -0.05) is 0 Å². The van der Waals surface area contributed by atoms with Crippen LogP contribution in [0.3, 0.4) is 0 Å². The van der Waals surface area contributed by atoms with Crippen molar-refractivity contribution in [1.29, 1.82) is 0 Å². The van der Waals surface area contributed by atoms with Crippen molar-refractivity contribution in [3.63, 3.8) is 0 Å². The largest absolute Gasteiger partial charge is 0.493 e. The molecule has 1 aliphatic heterocycles. The van der Waals surface area contributed by atoms with Crippen LogP contribution in [0.15, 0.2) is 42.7 Å². The molecule has 2 aromatic rings. The number of nitrogens with zero attached hydrogens (tertiary/aromatic N) is 3. The lowest BCUT2D eigenvalue weighted by Gasteiger charge is -2.32. The van der Waals surface area contributed by atoms with Gasteiger partial charge in [0.15, 0.2) is 0 Å². The van der Waals surface area contributed by atoms with Crippen LogP contribution in [0.2, 0.25) is 0 Å². The molecule has 0 bridgehead atoms. The van der Waals surface area contributed by atoms with Gasteiger partial charge in [0.25, 0.3) is 0 Å². The predicted octanol–water partition coefficient (Wildman–Crippen LogP) is 2.34. The van der Waals surface area contributed by atoms with Crippen molar-refractivity contribution in [3.05, 3.63) is 48.5 Å². The van der Waals surface area contributed by atoms with Gasteiger partial charge in [-0.2, -0.15) is 5.10 Å². The van der Waals surface area contributed by atoms with Crippen LogP contribution in [-0.4, -0.2) is 40.3 Å². The maximum Gasteiger partial charge on any atom is 0.244 e. The van der Waals surface area contributed by atoms with Gasteiger partial charge in [-0.15, -0.1) is 0 Å². The fourth-order valence-corrected chi connectivity index (χ4v) is 2.81. The number of hydrogen-bond acceptors (Lipinski definition) is 3. The quantitative estimate of drug-likeness (QED) is 0.850. The first-order valence-electron chi connectivity index (χ1n) is 7.84. The second kappa shape index (κ2) is 7.26. The van der Waals surface area contributed by atoms with Crippen LogP contribution in [0.25, 0.3) is 0 Å². The maximum absolute atomic E-state index is 12.9. The summed E-state index contributed by atoms with van der Waals surface area (Å²) in [4.78, 5) is 14.2. The lowest BCUT2D eigenvalue weighted by atomic mass is 9.99. The van der Waals surface area contributed by atoms with E-state index < -0.39 is 0 Å². The molecule has 1 aromatic carbocycles. The van der Waals surface area contributed by atoms with Gasteiger partial charge in [0.1, 0.15) is 18.1 Å². The molecule has 0 saturated carbocycles. The number of hydrogen-bond donors (Lipinski definition) is 0. The summed E-state index contributed by atoms with van der Waals surface area (Å²) in [5.74, 6) is 0.771. The molecule has 0 spiro atoms. The van der Waals surface area contributed by atoms with Crippen molar-refractivity contribution < 1.29 is 13.9 Å². The lowest BCUT2D eigenvalue weighted by Crippen LogP contribution is -2.43. The molecule has 1 aliphatic rings. The summed E-state index contributed by atoms with van der Waals surface area (Å²) in [6, 6.07) is 7.83. The number of aromatic nitrogens is 2. The van der Waals surface area contributed by atoms with Gasteiger partial charge in [0.05, 0.1) is 6.61 Å². The molecule has 6 heteroatoms. The van der Waals surface area contributed by atoms with E-state index in [0.29, 0.717) is 24.8 Å². The molecule has 1 saturated heterocycles. The first kappa shape index (κ1) is 15.5. The number of amides is 1. The fourth-order valence-electron chi connectivity index (χ4n) is 2.81. The Morgan fingerprint density at radius 2 is 2.17 bits per heavy atom. The fraction of sp³-hybridized carbons (Fsp3) is 0.412. The van der Waals surface area contributed by atoms with Crippen LogP contribution in [0.4, 0.5) is 4.39 Å². The van der Waals surface area contributed by atoms with Crippen LogP contribution in [0, 0.1) is 11.7 Å². The summed E-state index contributed by atoms with van der Waals surface area (Å²) in [6.45, 7) is 2.30. The minimum absolute atomic E-state index is 0.0835.